The number of halogens is 1. The van der Waals surface area contributed by atoms with E-state index in [9.17, 15) is 8.42 Å². The first-order valence-electron chi connectivity index (χ1n) is 6.06. The number of nitrogens with two attached hydrogens (primary N) is 1. The standard InChI is InChI=1S/C13H14BrN3O2S2/c14-13-12(5-2-6-16-13)17-21(18,19)8-7-20-11-4-1-3-10(15)9-11/h1-6,9,17H,7-8,15H2. The summed E-state index contributed by atoms with van der Waals surface area (Å²) in [6.45, 7) is 0. The van der Waals surface area contributed by atoms with Gasteiger partial charge in [0, 0.05) is 22.5 Å². The molecule has 0 aliphatic rings. The molecule has 1 aromatic carbocycles. The number of pyridine rings is 1. The predicted molar refractivity (Wildman–Crippen MR) is 90.9 cm³/mol. The molecule has 0 aliphatic carbocycles. The van der Waals surface area contributed by atoms with E-state index in [4.69, 9.17) is 5.73 Å². The van der Waals surface area contributed by atoms with E-state index in [0.29, 0.717) is 21.7 Å². The zero-order valence-corrected chi connectivity index (χ0v) is 14.2. The molecule has 0 radical (unpaired) electrons. The Morgan fingerprint density at radius 2 is 2.10 bits per heavy atom. The molecule has 0 fully saturated rings. The van der Waals surface area contributed by atoms with Crippen molar-refractivity contribution >= 4 is 49.1 Å². The van der Waals surface area contributed by atoms with Gasteiger partial charge in [-0.1, -0.05) is 6.07 Å². The second-order valence-corrected chi connectivity index (χ2v) is 7.94. The van der Waals surface area contributed by atoms with Crippen molar-refractivity contribution in [2.75, 3.05) is 22.0 Å². The van der Waals surface area contributed by atoms with Crippen molar-refractivity contribution in [1.82, 2.24) is 4.98 Å². The molecular weight excluding hydrogens is 374 g/mol. The van der Waals surface area contributed by atoms with Gasteiger partial charge in [0.1, 0.15) is 4.60 Å². The van der Waals surface area contributed by atoms with Crippen LogP contribution in [0.5, 0.6) is 0 Å². The van der Waals surface area contributed by atoms with Gasteiger partial charge in [0.05, 0.1) is 11.4 Å². The van der Waals surface area contributed by atoms with Gasteiger partial charge in [0.25, 0.3) is 0 Å². The zero-order valence-electron chi connectivity index (χ0n) is 11.0. The number of hydrogen-bond donors (Lipinski definition) is 2. The van der Waals surface area contributed by atoms with Crippen LogP contribution in [0.1, 0.15) is 0 Å². The van der Waals surface area contributed by atoms with Gasteiger partial charge in [0.2, 0.25) is 10.0 Å². The Hall–Kier alpha value is -1.25. The molecule has 0 bridgehead atoms. The summed E-state index contributed by atoms with van der Waals surface area (Å²) in [6, 6.07) is 10.7. The van der Waals surface area contributed by atoms with E-state index >= 15 is 0 Å². The zero-order chi connectivity index (χ0) is 15.3. The number of hydrogen-bond acceptors (Lipinski definition) is 5. The summed E-state index contributed by atoms with van der Waals surface area (Å²) < 4.78 is 27.0. The summed E-state index contributed by atoms with van der Waals surface area (Å²) in [5, 5.41) is 0. The molecule has 112 valence electrons. The molecule has 8 heteroatoms. The van der Waals surface area contributed by atoms with Gasteiger partial charge < -0.3 is 5.73 Å². The molecule has 0 amide bonds. The molecule has 2 rings (SSSR count). The fourth-order valence-electron chi connectivity index (χ4n) is 1.55. The van der Waals surface area contributed by atoms with E-state index in [1.807, 2.05) is 18.2 Å². The molecule has 0 saturated carbocycles. The normalized spacial score (nSPS) is 11.3. The van der Waals surface area contributed by atoms with Crippen molar-refractivity contribution in [3.05, 3.63) is 47.2 Å². The van der Waals surface area contributed by atoms with Crippen molar-refractivity contribution in [3.8, 4) is 0 Å². The maximum Gasteiger partial charge on any atom is 0.233 e. The second kappa shape index (κ2) is 7.15. The lowest BCUT2D eigenvalue weighted by Gasteiger charge is -2.09. The van der Waals surface area contributed by atoms with Crippen LogP contribution < -0.4 is 10.5 Å². The number of benzene rings is 1. The summed E-state index contributed by atoms with van der Waals surface area (Å²) in [5.74, 6) is 0.449. The molecule has 2 aromatic rings. The van der Waals surface area contributed by atoms with Crippen LogP contribution in [0.4, 0.5) is 11.4 Å². The minimum Gasteiger partial charge on any atom is -0.399 e. The molecule has 1 heterocycles. The molecule has 3 N–H and O–H groups in total. The van der Waals surface area contributed by atoms with Crippen LogP contribution in [0.25, 0.3) is 0 Å². The van der Waals surface area contributed by atoms with Crippen molar-refractivity contribution in [2.24, 2.45) is 0 Å². The summed E-state index contributed by atoms with van der Waals surface area (Å²) >= 11 is 4.65. The van der Waals surface area contributed by atoms with Crippen LogP contribution in [0, 0.1) is 0 Å². The molecule has 0 unspecified atom stereocenters. The van der Waals surface area contributed by atoms with E-state index < -0.39 is 10.0 Å². The molecular formula is C13H14BrN3O2S2. The Kier molecular flexibility index (Phi) is 5.49. The first-order valence-corrected chi connectivity index (χ1v) is 9.49. The van der Waals surface area contributed by atoms with E-state index in [1.54, 1.807) is 24.4 Å². The molecule has 21 heavy (non-hydrogen) atoms. The SMILES string of the molecule is Nc1cccc(SCCS(=O)(=O)Nc2cccnc2Br)c1. The number of anilines is 2. The van der Waals surface area contributed by atoms with Gasteiger partial charge in [-0.25, -0.2) is 13.4 Å². The van der Waals surface area contributed by atoms with Gasteiger partial charge >= 0.3 is 0 Å². The lowest BCUT2D eigenvalue weighted by molar-refractivity contribution is 0.602. The fraction of sp³-hybridized carbons (Fsp3) is 0.154. The van der Waals surface area contributed by atoms with Crippen LogP contribution >= 0.6 is 27.7 Å². The average Bonchev–Trinajstić information content (AvgIpc) is 2.41. The van der Waals surface area contributed by atoms with Gasteiger partial charge in [0.15, 0.2) is 0 Å². The van der Waals surface area contributed by atoms with Gasteiger partial charge in [-0.2, -0.15) is 0 Å². The van der Waals surface area contributed by atoms with Crippen molar-refractivity contribution in [2.45, 2.75) is 4.90 Å². The highest BCUT2D eigenvalue weighted by Gasteiger charge is 2.12. The summed E-state index contributed by atoms with van der Waals surface area (Å²) in [5.41, 5.74) is 6.78. The molecule has 0 aliphatic heterocycles. The van der Waals surface area contributed by atoms with Crippen molar-refractivity contribution < 1.29 is 8.42 Å². The Balaban J connectivity index is 1.91. The van der Waals surface area contributed by atoms with Crippen LogP contribution in [0.15, 0.2) is 52.1 Å². The third kappa shape index (κ3) is 5.22. The van der Waals surface area contributed by atoms with E-state index in [0.717, 1.165) is 4.90 Å². The number of aromatic nitrogens is 1. The highest BCUT2D eigenvalue weighted by molar-refractivity contribution is 9.10. The maximum absolute atomic E-state index is 12.0. The van der Waals surface area contributed by atoms with Gasteiger partial charge in [-0.05, 0) is 46.3 Å². The third-order valence-corrected chi connectivity index (χ3v) is 5.66. The highest BCUT2D eigenvalue weighted by Crippen LogP contribution is 2.22. The van der Waals surface area contributed by atoms with E-state index in [2.05, 4.69) is 25.6 Å². The topological polar surface area (TPSA) is 85.1 Å². The first-order chi connectivity index (χ1) is 9.96. The first kappa shape index (κ1) is 16.1. The molecule has 0 atom stereocenters. The maximum atomic E-state index is 12.0. The summed E-state index contributed by atoms with van der Waals surface area (Å²) in [6.07, 6.45) is 1.58. The summed E-state index contributed by atoms with van der Waals surface area (Å²) in [7, 11) is -3.41. The number of nitrogens with zero attached hydrogens (tertiary/aromatic N) is 1. The predicted octanol–water partition coefficient (Wildman–Crippen LogP) is 2.96. The fourth-order valence-corrected chi connectivity index (χ4v) is 4.48. The lowest BCUT2D eigenvalue weighted by atomic mass is 10.3. The van der Waals surface area contributed by atoms with Crippen LogP contribution in [0.3, 0.4) is 0 Å². The van der Waals surface area contributed by atoms with Crippen LogP contribution in [-0.2, 0) is 10.0 Å². The Labute approximate surface area is 136 Å². The van der Waals surface area contributed by atoms with E-state index in [-0.39, 0.29) is 5.75 Å². The van der Waals surface area contributed by atoms with Gasteiger partial charge in [-0.15, -0.1) is 11.8 Å². The largest absolute Gasteiger partial charge is 0.399 e. The second-order valence-electron chi connectivity index (χ2n) is 4.18. The molecule has 0 saturated heterocycles. The lowest BCUT2D eigenvalue weighted by Crippen LogP contribution is -2.18. The van der Waals surface area contributed by atoms with Crippen molar-refractivity contribution in [3.63, 3.8) is 0 Å². The van der Waals surface area contributed by atoms with Crippen LogP contribution in [-0.4, -0.2) is 24.9 Å². The number of rotatable bonds is 6. The molecule has 5 nitrogen and oxygen atoms in total. The third-order valence-electron chi connectivity index (χ3n) is 2.50. The highest BCUT2D eigenvalue weighted by atomic mass is 79.9. The number of nitrogens with one attached hydrogen (secondary N) is 1. The quantitative estimate of drug-likeness (QED) is 0.452. The Morgan fingerprint density at radius 1 is 1.29 bits per heavy atom. The average molecular weight is 388 g/mol. The number of nitrogen functional groups attached to an aromatic ring is 1. The summed E-state index contributed by atoms with van der Waals surface area (Å²) in [4.78, 5) is 4.92. The van der Waals surface area contributed by atoms with Crippen molar-refractivity contribution in [1.29, 1.82) is 0 Å². The Bertz CT molecular complexity index is 723. The number of sulfonamides is 1. The molecule has 1 aromatic heterocycles. The smallest absolute Gasteiger partial charge is 0.233 e. The number of thioether (sulfide) groups is 1. The van der Waals surface area contributed by atoms with Crippen LogP contribution in [0.2, 0.25) is 0 Å². The Morgan fingerprint density at radius 3 is 2.81 bits per heavy atom. The minimum atomic E-state index is -3.41. The minimum absolute atomic E-state index is 0.00774. The van der Waals surface area contributed by atoms with Gasteiger partial charge in [-0.3, -0.25) is 4.72 Å². The van der Waals surface area contributed by atoms with E-state index in [1.165, 1.54) is 11.8 Å². The molecule has 0 spiro atoms. The monoisotopic (exact) mass is 387 g/mol.